The zero-order valence-corrected chi connectivity index (χ0v) is 11.0. The maximum absolute atomic E-state index is 13.1. The van der Waals surface area contributed by atoms with Crippen LogP contribution in [0.25, 0.3) is 0 Å². The van der Waals surface area contributed by atoms with Crippen molar-refractivity contribution in [2.24, 2.45) is 0 Å². The van der Waals surface area contributed by atoms with Crippen LogP contribution in [0.5, 0.6) is 0 Å². The number of benzene rings is 1. The summed E-state index contributed by atoms with van der Waals surface area (Å²) < 4.78 is 26.0. The fraction of sp³-hybridized carbons (Fsp3) is 0.286. The molecule has 0 amide bonds. The number of rotatable bonds is 3. The second kappa shape index (κ2) is 4.78. The molecule has 2 aromatic rings. The van der Waals surface area contributed by atoms with Gasteiger partial charge >= 0.3 is 0 Å². The summed E-state index contributed by atoms with van der Waals surface area (Å²) >= 11 is 1.47. The summed E-state index contributed by atoms with van der Waals surface area (Å²) in [5, 5.41) is 12.4. The standard InChI is InChI=1S/C14H14F2OS/c1-9-5-6-18-13(9)14(2,17)8-10-3-4-11(15)12(16)7-10/h3-7,17H,8H2,1-2H3. The highest BCUT2D eigenvalue weighted by molar-refractivity contribution is 7.10. The first-order valence-electron chi connectivity index (χ1n) is 5.61. The zero-order valence-electron chi connectivity index (χ0n) is 10.2. The number of aryl methyl sites for hydroxylation is 1. The summed E-state index contributed by atoms with van der Waals surface area (Å²) in [6.45, 7) is 3.61. The van der Waals surface area contributed by atoms with Gasteiger partial charge in [0.2, 0.25) is 0 Å². The summed E-state index contributed by atoms with van der Waals surface area (Å²) in [5.74, 6) is -1.75. The molecular formula is C14H14F2OS. The van der Waals surface area contributed by atoms with E-state index in [2.05, 4.69) is 0 Å². The van der Waals surface area contributed by atoms with E-state index >= 15 is 0 Å². The van der Waals surface area contributed by atoms with Gasteiger partial charge in [0.1, 0.15) is 5.60 Å². The van der Waals surface area contributed by atoms with Gasteiger partial charge in [-0.2, -0.15) is 0 Å². The summed E-state index contributed by atoms with van der Waals surface area (Å²) in [7, 11) is 0. The maximum atomic E-state index is 13.1. The molecule has 0 saturated heterocycles. The third kappa shape index (κ3) is 2.60. The molecule has 96 valence electrons. The number of thiophene rings is 1. The molecule has 1 aromatic carbocycles. The Morgan fingerprint density at radius 3 is 2.50 bits per heavy atom. The Bertz CT molecular complexity index is 561. The van der Waals surface area contributed by atoms with Crippen LogP contribution in [0.3, 0.4) is 0 Å². The number of hydrogen-bond donors (Lipinski definition) is 1. The predicted octanol–water partition coefficient (Wildman–Crippen LogP) is 3.78. The van der Waals surface area contributed by atoms with E-state index in [-0.39, 0.29) is 6.42 Å². The molecule has 0 spiro atoms. The lowest BCUT2D eigenvalue weighted by molar-refractivity contribution is 0.0608. The summed E-state index contributed by atoms with van der Waals surface area (Å²) in [5.41, 5.74) is 0.516. The molecule has 1 aromatic heterocycles. The van der Waals surface area contributed by atoms with Crippen molar-refractivity contribution in [3.63, 3.8) is 0 Å². The van der Waals surface area contributed by atoms with Crippen molar-refractivity contribution in [3.8, 4) is 0 Å². The van der Waals surface area contributed by atoms with Gasteiger partial charge < -0.3 is 5.11 Å². The fourth-order valence-corrected chi connectivity index (χ4v) is 3.04. The third-order valence-corrected chi connectivity index (χ3v) is 4.15. The van der Waals surface area contributed by atoms with Crippen LogP contribution in [-0.4, -0.2) is 5.11 Å². The van der Waals surface area contributed by atoms with Gasteiger partial charge in [0.05, 0.1) is 0 Å². The molecule has 18 heavy (non-hydrogen) atoms. The van der Waals surface area contributed by atoms with Crippen molar-refractivity contribution in [2.75, 3.05) is 0 Å². The molecular weight excluding hydrogens is 254 g/mol. The molecule has 0 bridgehead atoms. The average Bonchev–Trinajstić information content (AvgIpc) is 2.70. The third-order valence-electron chi connectivity index (χ3n) is 2.88. The maximum Gasteiger partial charge on any atom is 0.159 e. The van der Waals surface area contributed by atoms with Gasteiger partial charge in [0.25, 0.3) is 0 Å². The van der Waals surface area contributed by atoms with E-state index in [9.17, 15) is 13.9 Å². The summed E-state index contributed by atoms with van der Waals surface area (Å²) in [6, 6.07) is 5.64. The molecule has 1 heterocycles. The largest absolute Gasteiger partial charge is 0.384 e. The lowest BCUT2D eigenvalue weighted by Crippen LogP contribution is -2.24. The van der Waals surface area contributed by atoms with Gasteiger partial charge in [-0.15, -0.1) is 11.3 Å². The van der Waals surface area contributed by atoms with Gasteiger partial charge in [-0.3, -0.25) is 0 Å². The van der Waals surface area contributed by atoms with Crippen molar-refractivity contribution in [1.82, 2.24) is 0 Å². The minimum absolute atomic E-state index is 0.256. The van der Waals surface area contributed by atoms with E-state index in [0.717, 1.165) is 22.6 Å². The Labute approximate surface area is 109 Å². The molecule has 2 rings (SSSR count). The van der Waals surface area contributed by atoms with Crippen molar-refractivity contribution >= 4 is 11.3 Å². The minimum atomic E-state index is -1.07. The molecule has 1 N–H and O–H groups in total. The first-order chi connectivity index (χ1) is 8.40. The van der Waals surface area contributed by atoms with Crippen LogP contribution in [-0.2, 0) is 12.0 Å². The van der Waals surface area contributed by atoms with Crippen LogP contribution < -0.4 is 0 Å². The summed E-state index contributed by atoms with van der Waals surface area (Å²) in [4.78, 5) is 0.854. The minimum Gasteiger partial charge on any atom is -0.384 e. The molecule has 1 nitrogen and oxygen atoms in total. The predicted molar refractivity (Wildman–Crippen MR) is 68.7 cm³/mol. The van der Waals surface area contributed by atoms with Crippen LogP contribution in [0.2, 0.25) is 0 Å². The molecule has 0 aliphatic heterocycles. The van der Waals surface area contributed by atoms with Crippen molar-refractivity contribution < 1.29 is 13.9 Å². The smallest absolute Gasteiger partial charge is 0.159 e. The highest BCUT2D eigenvalue weighted by atomic mass is 32.1. The van der Waals surface area contributed by atoms with Crippen LogP contribution in [0.4, 0.5) is 8.78 Å². The SMILES string of the molecule is Cc1ccsc1C(C)(O)Cc1ccc(F)c(F)c1. The molecule has 0 radical (unpaired) electrons. The van der Waals surface area contributed by atoms with Gasteiger partial charge in [0, 0.05) is 11.3 Å². The van der Waals surface area contributed by atoms with Crippen LogP contribution in [0.1, 0.15) is 22.9 Å². The zero-order chi connectivity index (χ0) is 13.3. The van der Waals surface area contributed by atoms with E-state index in [1.807, 2.05) is 18.4 Å². The van der Waals surface area contributed by atoms with Crippen LogP contribution >= 0.6 is 11.3 Å². The number of halogens is 2. The lowest BCUT2D eigenvalue weighted by Gasteiger charge is -2.23. The quantitative estimate of drug-likeness (QED) is 0.898. The van der Waals surface area contributed by atoms with Gasteiger partial charge in [0.15, 0.2) is 11.6 Å². The Balaban J connectivity index is 2.27. The monoisotopic (exact) mass is 268 g/mol. The van der Waals surface area contributed by atoms with Gasteiger partial charge in [-0.1, -0.05) is 6.07 Å². The molecule has 4 heteroatoms. The first kappa shape index (κ1) is 13.2. The molecule has 0 aliphatic rings. The molecule has 1 unspecified atom stereocenters. The average molecular weight is 268 g/mol. The van der Waals surface area contributed by atoms with E-state index < -0.39 is 17.2 Å². The van der Waals surface area contributed by atoms with E-state index in [1.165, 1.54) is 17.4 Å². The van der Waals surface area contributed by atoms with Gasteiger partial charge in [-0.25, -0.2) is 8.78 Å². The van der Waals surface area contributed by atoms with Crippen LogP contribution in [0, 0.1) is 18.6 Å². The lowest BCUT2D eigenvalue weighted by atomic mass is 9.93. The fourth-order valence-electron chi connectivity index (χ4n) is 2.05. The van der Waals surface area contributed by atoms with Gasteiger partial charge in [-0.05, 0) is 48.6 Å². The first-order valence-corrected chi connectivity index (χ1v) is 6.49. The second-order valence-electron chi connectivity index (χ2n) is 4.63. The number of hydrogen-bond acceptors (Lipinski definition) is 2. The highest BCUT2D eigenvalue weighted by Gasteiger charge is 2.26. The molecule has 0 fully saturated rings. The van der Waals surface area contributed by atoms with Crippen LogP contribution in [0.15, 0.2) is 29.6 Å². The Kier molecular flexibility index (Phi) is 3.50. The second-order valence-corrected chi connectivity index (χ2v) is 5.55. The summed E-state index contributed by atoms with van der Waals surface area (Å²) in [6.07, 6.45) is 0.256. The Hall–Kier alpha value is -1.26. The molecule has 0 aliphatic carbocycles. The Morgan fingerprint density at radius 2 is 1.94 bits per heavy atom. The molecule has 0 saturated carbocycles. The van der Waals surface area contributed by atoms with Crippen molar-refractivity contribution in [2.45, 2.75) is 25.9 Å². The number of aliphatic hydroxyl groups is 1. The van der Waals surface area contributed by atoms with E-state index in [1.54, 1.807) is 6.92 Å². The Morgan fingerprint density at radius 1 is 1.22 bits per heavy atom. The van der Waals surface area contributed by atoms with E-state index in [4.69, 9.17) is 0 Å². The van der Waals surface area contributed by atoms with E-state index in [0.29, 0.717) is 5.56 Å². The topological polar surface area (TPSA) is 20.2 Å². The van der Waals surface area contributed by atoms with Crippen molar-refractivity contribution in [3.05, 3.63) is 57.3 Å². The normalized spacial score (nSPS) is 14.5. The molecule has 1 atom stereocenters. The highest BCUT2D eigenvalue weighted by Crippen LogP contribution is 2.32. The van der Waals surface area contributed by atoms with Crippen molar-refractivity contribution in [1.29, 1.82) is 0 Å².